The second-order valence-electron chi connectivity index (χ2n) is 4.12. The summed E-state index contributed by atoms with van der Waals surface area (Å²) in [7, 11) is 0. The predicted molar refractivity (Wildman–Crippen MR) is 76.8 cm³/mol. The summed E-state index contributed by atoms with van der Waals surface area (Å²) in [6, 6.07) is 11.2. The monoisotopic (exact) mass is 293 g/mol. The standard InChI is InChI=1S/C14H13ClFN3O/c15-10-6-4-9(5-7-10)8-18-14(20)11-2-1-3-12(16)13(11)19-17/h1-7,19H,8,17H2,(H,18,20). The van der Waals surface area contributed by atoms with Crippen molar-refractivity contribution < 1.29 is 9.18 Å². The van der Waals surface area contributed by atoms with Crippen LogP contribution in [0.4, 0.5) is 10.1 Å². The molecule has 0 bridgehead atoms. The summed E-state index contributed by atoms with van der Waals surface area (Å²) in [5.74, 6) is 4.24. The lowest BCUT2D eigenvalue weighted by Gasteiger charge is -2.10. The van der Waals surface area contributed by atoms with Crippen LogP contribution in [0.5, 0.6) is 0 Å². The van der Waals surface area contributed by atoms with E-state index < -0.39 is 11.7 Å². The first kappa shape index (κ1) is 14.3. The Morgan fingerprint density at radius 3 is 2.55 bits per heavy atom. The second-order valence-corrected chi connectivity index (χ2v) is 4.55. The minimum absolute atomic E-state index is 0.0268. The average Bonchev–Trinajstić information content (AvgIpc) is 2.46. The van der Waals surface area contributed by atoms with Crippen LogP contribution in [0.3, 0.4) is 0 Å². The molecule has 4 nitrogen and oxygen atoms in total. The molecule has 0 unspecified atom stereocenters. The number of rotatable bonds is 4. The molecule has 0 saturated heterocycles. The number of nitrogens with one attached hydrogen (secondary N) is 2. The van der Waals surface area contributed by atoms with E-state index in [1.165, 1.54) is 18.2 Å². The van der Waals surface area contributed by atoms with Crippen molar-refractivity contribution in [2.24, 2.45) is 5.84 Å². The lowest BCUT2D eigenvalue weighted by Crippen LogP contribution is -2.25. The van der Waals surface area contributed by atoms with Crippen molar-refractivity contribution in [3.63, 3.8) is 0 Å². The molecule has 0 heterocycles. The van der Waals surface area contributed by atoms with Crippen molar-refractivity contribution >= 4 is 23.2 Å². The molecule has 1 amide bonds. The highest BCUT2D eigenvalue weighted by Gasteiger charge is 2.13. The minimum atomic E-state index is -0.577. The molecule has 0 fully saturated rings. The van der Waals surface area contributed by atoms with E-state index in [0.29, 0.717) is 11.6 Å². The van der Waals surface area contributed by atoms with E-state index in [9.17, 15) is 9.18 Å². The Bertz CT molecular complexity index is 616. The maximum atomic E-state index is 13.5. The van der Waals surface area contributed by atoms with Gasteiger partial charge in [0.15, 0.2) is 0 Å². The first-order chi connectivity index (χ1) is 9.61. The summed E-state index contributed by atoms with van der Waals surface area (Å²) < 4.78 is 13.5. The van der Waals surface area contributed by atoms with Crippen molar-refractivity contribution in [2.45, 2.75) is 6.54 Å². The summed E-state index contributed by atoms with van der Waals surface area (Å²) in [5, 5.41) is 3.32. The van der Waals surface area contributed by atoms with Crippen molar-refractivity contribution in [1.29, 1.82) is 0 Å². The average molecular weight is 294 g/mol. The Hall–Kier alpha value is -2.11. The van der Waals surface area contributed by atoms with Crippen molar-refractivity contribution in [3.8, 4) is 0 Å². The predicted octanol–water partition coefficient (Wildman–Crippen LogP) is 2.69. The van der Waals surface area contributed by atoms with Gasteiger partial charge in [-0.15, -0.1) is 0 Å². The first-order valence-corrected chi connectivity index (χ1v) is 6.27. The zero-order chi connectivity index (χ0) is 14.5. The van der Waals surface area contributed by atoms with Crippen LogP contribution in [0, 0.1) is 5.82 Å². The summed E-state index contributed by atoms with van der Waals surface area (Å²) in [6.45, 7) is 0.316. The smallest absolute Gasteiger partial charge is 0.253 e. The van der Waals surface area contributed by atoms with Gasteiger partial charge < -0.3 is 10.7 Å². The highest BCUT2D eigenvalue weighted by Crippen LogP contribution is 2.18. The van der Waals surface area contributed by atoms with Crippen molar-refractivity contribution in [3.05, 3.63) is 64.4 Å². The van der Waals surface area contributed by atoms with E-state index in [-0.39, 0.29) is 11.3 Å². The molecule has 0 atom stereocenters. The van der Waals surface area contributed by atoms with Crippen LogP contribution in [-0.4, -0.2) is 5.91 Å². The zero-order valence-electron chi connectivity index (χ0n) is 10.5. The molecule has 20 heavy (non-hydrogen) atoms. The highest BCUT2D eigenvalue weighted by molar-refractivity contribution is 6.30. The third-order valence-corrected chi connectivity index (χ3v) is 3.02. The van der Waals surface area contributed by atoms with E-state index in [1.54, 1.807) is 24.3 Å². The normalized spacial score (nSPS) is 10.2. The molecule has 6 heteroatoms. The van der Waals surface area contributed by atoms with Gasteiger partial charge in [-0.25, -0.2) is 4.39 Å². The molecule has 104 valence electrons. The first-order valence-electron chi connectivity index (χ1n) is 5.89. The van der Waals surface area contributed by atoms with Gasteiger partial charge in [-0.05, 0) is 29.8 Å². The van der Waals surface area contributed by atoms with E-state index in [1.807, 2.05) is 0 Å². The molecule has 2 aromatic carbocycles. The van der Waals surface area contributed by atoms with Crippen LogP contribution < -0.4 is 16.6 Å². The molecule has 2 aromatic rings. The Labute approximate surface area is 120 Å². The third kappa shape index (κ3) is 3.26. The van der Waals surface area contributed by atoms with Crippen LogP contribution in [0.15, 0.2) is 42.5 Å². The third-order valence-electron chi connectivity index (χ3n) is 2.77. The number of nitrogens with two attached hydrogens (primary N) is 1. The highest BCUT2D eigenvalue weighted by atomic mass is 35.5. The summed E-state index contributed by atoms with van der Waals surface area (Å²) in [6.07, 6.45) is 0. The van der Waals surface area contributed by atoms with Gasteiger partial charge >= 0.3 is 0 Å². The van der Waals surface area contributed by atoms with Gasteiger partial charge in [0.05, 0.1) is 11.3 Å². The molecule has 0 saturated carbocycles. The fourth-order valence-electron chi connectivity index (χ4n) is 1.74. The topological polar surface area (TPSA) is 67.1 Å². The van der Waals surface area contributed by atoms with Crippen LogP contribution in [-0.2, 0) is 6.54 Å². The maximum Gasteiger partial charge on any atom is 0.253 e. The fraction of sp³-hybridized carbons (Fsp3) is 0.0714. The second kappa shape index (κ2) is 6.36. The number of hydrogen-bond acceptors (Lipinski definition) is 3. The lowest BCUT2D eigenvalue weighted by molar-refractivity contribution is 0.0951. The van der Waals surface area contributed by atoms with Crippen molar-refractivity contribution in [1.82, 2.24) is 5.32 Å². The summed E-state index contributed by atoms with van der Waals surface area (Å²) in [5.41, 5.74) is 3.21. The number of benzene rings is 2. The molecule has 0 aliphatic heterocycles. The number of amides is 1. The van der Waals surface area contributed by atoms with Crippen LogP contribution >= 0.6 is 11.6 Å². The number of anilines is 1. The van der Waals surface area contributed by atoms with E-state index >= 15 is 0 Å². The Morgan fingerprint density at radius 2 is 1.90 bits per heavy atom. The number of nitrogen functional groups attached to an aromatic ring is 1. The summed E-state index contributed by atoms with van der Waals surface area (Å²) >= 11 is 5.78. The van der Waals surface area contributed by atoms with Gasteiger partial charge in [0.25, 0.3) is 5.91 Å². The number of carbonyl (C=O) groups excluding carboxylic acids is 1. The Kier molecular flexibility index (Phi) is 4.55. The molecule has 0 aliphatic carbocycles. The van der Waals surface area contributed by atoms with E-state index in [4.69, 9.17) is 17.4 Å². The molecule has 0 aliphatic rings. The molecule has 4 N–H and O–H groups in total. The van der Waals surface area contributed by atoms with E-state index in [2.05, 4.69) is 10.7 Å². The van der Waals surface area contributed by atoms with Crippen molar-refractivity contribution in [2.75, 3.05) is 5.43 Å². The summed E-state index contributed by atoms with van der Waals surface area (Å²) in [4.78, 5) is 12.0. The van der Waals surface area contributed by atoms with Crippen LogP contribution in [0.2, 0.25) is 5.02 Å². The van der Waals surface area contributed by atoms with E-state index in [0.717, 1.165) is 5.56 Å². The molecular weight excluding hydrogens is 281 g/mol. The fourth-order valence-corrected chi connectivity index (χ4v) is 1.87. The molecule has 0 aromatic heterocycles. The number of para-hydroxylation sites is 1. The number of hydrogen-bond donors (Lipinski definition) is 3. The Balaban J connectivity index is 2.09. The minimum Gasteiger partial charge on any atom is -0.348 e. The number of hydrazine groups is 1. The zero-order valence-corrected chi connectivity index (χ0v) is 11.2. The molecule has 2 rings (SSSR count). The maximum absolute atomic E-state index is 13.5. The molecule has 0 radical (unpaired) electrons. The number of halogens is 2. The largest absolute Gasteiger partial charge is 0.348 e. The number of carbonyl (C=O) groups is 1. The molecular formula is C14H13ClFN3O. The van der Waals surface area contributed by atoms with Crippen LogP contribution in [0.25, 0.3) is 0 Å². The van der Waals surface area contributed by atoms with Crippen LogP contribution in [0.1, 0.15) is 15.9 Å². The van der Waals surface area contributed by atoms with Gasteiger partial charge in [0.2, 0.25) is 0 Å². The SMILES string of the molecule is NNc1c(F)cccc1C(=O)NCc1ccc(Cl)cc1. The van der Waals surface area contributed by atoms with Gasteiger partial charge in [0, 0.05) is 11.6 Å². The lowest BCUT2D eigenvalue weighted by atomic mass is 10.1. The Morgan fingerprint density at radius 1 is 1.20 bits per heavy atom. The van der Waals surface area contributed by atoms with Gasteiger partial charge in [-0.2, -0.15) is 0 Å². The van der Waals surface area contributed by atoms with Gasteiger partial charge in [0.1, 0.15) is 5.82 Å². The van der Waals surface area contributed by atoms with Gasteiger partial charge in [-0.1, -0.05) is 29.8 Å². The van der Waals surface area contributed by atoms with Gasteiger partial charge in [-0.3, -0.25) is 10.6 Å². The molecule has 0 spiro atoms. The quantitative estimate of drug-likeness (QED) is 0.600.